The highest BCUT2D eigenvalue weighted by Gasteiger charge is 2.30. The van der Waals surface area contributed by atoms with E-state index in [0.29, 0.717) is 12.2 Å². The molecule has 0 saturated heterocycles. The Hall–Kier alpha value is -2.09. The Morgan fingerprint density at radius 2 is 1.79 bits per heavy atom. The fourth-order valence-electron chi connectivity index (χ4n) is 2.74. The molecule has 1 atom stereocenters. The molecule has 0 fully saturated rings. The maximum absolute atomic E-state index is 11.8. The van der Waals surface area contributed by atoms with Crippen molar-refractivity contribution in [3.63, 3.8) is 0 Å². The summed E-state index contributed by atoms with van der Waals surface area (Å²) in [4.78, 5) is 11.8. The molecule has 2 aromatic rings. The van der Waals surface area contributed by atoms with Gasteiger partial charge in [0.2, 0.25) is 0 Å². The number of carbonyl (C=O) groups excluding carboxylic acids is 1. The lowest BCUT2D eigenvalue weighted by Gasteiger charge is -2.27. The highest BCUT2D eigenvalue weighted by atomic mass is 16.5. The molecule has 1 unspecified atom stereocenters. The number of ether oxygens (including phenoxy) is 1. The molecule has 2 nitrogen and oxygen atoms in total. The lowest BCUT2D eigenvalue weighted by atomic mass is 9.83. The van der Waals surface area contributed by atoms with Crippen molar-refractivity contribution in [1.29, 1.82) is 0 Å². The summed E-state index contributed by atoms with van der Waals surface area (Å²) in [5.41, 5.74) is 4.79. The van der Waals surface area contributed by atoms with Crippen LogP contribution >= 0.6 is 0 Å². The van der Waals surface area contributed by atoms with Crippen molar-refractivity contribution in [3.05, 3.63) is 64.7 Å². The quantitative estimate of drug-likeness (QED) is 0.571. The SMILES string of the molecule is Cc1ccc2c(c1C)C(c1ccccc1)CC(=O)O2. The van der Waals surface area contributed by atoms with E-state index in [1.807, 2.05) is 30.3 Å². The van der Waals surface area contributed by atoms with Crippen LogP contribution in [-0.2, 0) is 4.79 Å². The Morgan fingerprint density at radius 3 is 2.53 bits per heavy atom. The fourth-order valence-corrected chi connectivity index (χ4v) is 2.74. The van der Waals surface area contributed by atoms with Crippen LogP contribution in [-0.4, -0.2) is 5.97 Å². The van der Waals surface area contributed by atoms with Gasteiger partial charge in [0.15, 0.2) is 0 Å². The van der Waals surface area contributed by atoms with Crippen LogP contribution in [0, 0.1) is 13.8 Å². The number of carbonyl (C=O) groups is 1. The molecule has 0 N–H and O–H groups in total. The predicted octanol–water partition coefficient (Wildman–Crippen LogP) is 3.74. The Labute approximate surface area is 113 Å². The molecule has 0 spiro atoms. The van der Waals surface area contributed by atoms with Crippen molar-refractivity contribution >= 4 is 5.97 Å². The van der Waals surface area contributed by atoms with Crippen LogP contribution < -0.4 is 4.74 Å². The molecule has 1 heterocycles. The van der Waals surface area contributed by atoms with Crippen LogP contribution in [0.4, 0.5) is 0 Å². The first kappa shape index (κ1) is 12.0. The van der Waals surface area contributed by atoms with E-state index in [1.54, 1.807) is 0 Å². The van der Waals surface area contributed by atoms with Crippen LogP contribution in [0.25, 0.3) is 0 Å². The summed E-state index contributed by atoms with van der Waals surface area (Å²) < 4.78 is 5.38. The number of rotatable bonds is 1. The molecule has 2 aromatic carbocycles. The second kappa shape index (κ2) is 4.54. The van der Waals surface area contributed by atoms with E-state index < -0.39 is 0 Å². The minimum Gasteiger partial charge on any atom is -0.426 e. The zero-order valence-corrected chi connectivity index (χ0v) is 11.1. The molecule has 96 valence electrons. The molecule has 1 aliphatic rings. The highest BCUT2D eigenvalue weighted by molar-refractivity contribution is 5.78. The summed E-state index contributed by atoms with van der Waals surface area (Å²) in [5, 5.41) is 0. The lowest BCUT2D eigenvalue weighted by molar-refractivity contribution is -0.135. The molecule has 0 radical (unpaired) electrons. The molecule has 0 aromatic heterocycles. The second-order valence-corrected chi connectivity index (χ2v) is 5.06. The van der Waals surface area contributed by atoms with Gasteiger partial charge in [-0.3, -0.25) is 4.79 Å². The Morgan fingerprint density at radius 1 is 1.05 bits per heavy atom. The second-order valence-electron chi connectivity index (χ2n) is 5.06. The molecule has 19 heavy (non-hydrogen) atoms. The van der Waals surface area contributed by atoms with Crippen molar-refractivity contribution in [2.45, 2.75) is 26.2 Å². The third-order valence-electron chi connectivity index (χ3n) is 3.89. The van der Waals surface area contributed by atoms with Gasteiger partial charge in [-0.05, 0) is 36.6 Å². The average molecular weight is 252 g/mol. The normalized spacial score (nSPS) is 17.8. The van der Waals surface area contributed by atoms with Crippen LogP contribution in [0.3, 0.4) is 0 Å². The van der Waals surface area contributed by atoms with Gasteiger partial charge in [-0.2, -0.15) is 0 Å². The number of esters is 1. The largest absolute Gasteiger partial charge is 0.426 e. The summed E-state index contributed by atoms with van der Waals surface area (Å²) in [7, 11) is 0. The molecule has 2 heteroatoms. The maximum Gasteiger partial charge on any atom is 0.312 e. The molecule has 0 bridgehead atoms. The van der Waals surface area contributed by atoms with Gasteiger partial charge in [0.1, 0.15) is 5.75 Å². The van der Waals surface area contributed by atoms with Crippen LogP contribution in [0.5, 0.6) is 5.75 Å². The zero-order valence-electron chi connectivity index (χ0n) is 11.1. The molecule has 1 aliphatic heterocycles. The number of hydrogen-bond acceptors (Lipinski definition) is 2. The molecule has 0 saturated carbocycles. The molecule has 0 aliphatic carbocycles. The fraction of sp³-hybridized carbons (Fsp3) is 0.235. The van der Waals surface area contributed by atoms with E-state index in [9.17, 15) is 4.79 Å². The molecule has 0 amide bonds. The highest BCUT2D eigenvalue weighted by Crippen LogP contribution is 2.41. The van der Waals surface area contributed by atoms with E-state index in [4.69, 9.17) is 4.74 Å². The average Bonchev–Trinajstić information content (AvgIpc) is 2.43. The topological polar surface area (TPSA) is 26.3 Å². The summed E-state index contributed by atoms with van der Waals surface area (Å²) in [5.74, 6) is 0.676. The Bertz CT molecular complexity index is 629. The van der Waals surface area contributed by atoms with Crippen LogP contribution in [0.2, 0.25) is 0 Å². The summed E-state index contributed by atoms with van der Waals surface area (Å²) in [6, 6.07) is 14.1. The number of benzene rings is 2. The molecule has 3 rings (SSSR count). The summed E-state index contributed by atoms with van der Waals surface area (Å²) in [6.07, 6.45) is 0.418. The summed E-state index contributed by atoms with van der Waals surface area (Å²) in [6.45, 7) is 4.19. The van der Waals surface area contributed by atoms with Crippen molar-refractivity contribution in [2.24, 2.45) is 0 Å². The summed E-state index contributed by atoms with van der Waals surface area (Å²) >= 11 is 0. The monoisotopic (exact) mass is 252 g/mol. The van der Waals surface area contributed by atoms with Crippen molar-refractivity contribution in [3.8, 4) is 5.75 Å². The third kappa shape index (κ3) is 2.03. The minimum atomic E-state index is -0.149. The molecular formula is C17H16O2. The lowest BCUT2D eigenvalue weighted by Crippen LogP contribution is -2.22. The van der Waals surface area contributed by atoms with Crippen molar-refractivity contribution in [2.75, 3.05) is 0 Å². The third-order valence-corrected chi connectivity index (χ3v) is 3.89. The van der Waals surface area contributed by atoms with E-state index in [-0.39, 0.29) is 11.9 Å². The predicted molar refractivity (Wildman–Crippen MR) is 74.5 cm³/mol. The first-order chi connectivity index (χ1) is 9.16. The molecular weight excluding hydrogens is 236 g/mol. The van der Waals surface area contributed by atoms with Gasteiger partial charge < -0.3 is 4.74 Å². The number of hydrogen-bond donors (Lipinski definition) is 0. The first-order valence-corrected chi connectivity index (χ1v) is 6.52. The minimum absolute atomic E-state index is 0.109. The zero-order chi connectivity index (χ0) is 13.4. The van der Waals surface area contributed by atoms with E-state index in [2.05, 4.69) is 26.0 Å². The van der Waals surface area contributed by atoms with Gasteiger partial charge in [0.25, 0.3) is 0 Å². The van der Waals surface area contributed by atoms with Crippen LogP contribution in [0.15, 0.2) is 42.5 Å². The van der Waals surface area contributed by atoms with E-state index in [0.717, 1.165) is 5.56 Å². The Kier molecular flexibility index (Phi) is 2.86. The van der Waals surface area contributed by atoms with Gasteiger partial charge in [0, 0.05) is 11.5 Å². The van der Waals surface area contributed by atoms with Gasteiger partial charge in [-0.25, -0.2) is 0 Å². The van der Waals surface area contributed by atoms with E-state index in [1.165, 1.54) is 16.7 Å². The first-order valence-electron chi connectivity index (χ1n) is 6.52. The van der Waals surface area contributed by atoms with Gasteiger partial charge in [0.05, 0.1) is 6.42 Å². The van der Waals surface area contributed by atoms with E-state index >= 15 is 0 Å². The van der Waals surface area contributed by atoms with Gasteiger partial charge in [-0.1, -0.05) is 36.4 Å². The number of aryl methyl sites for hydroxylation is 1. The van der Waals surface area contributed by atoms with Crippen molar-refractivity contribution in [1.82, 2.24) is 0 Å². The maximum atomic E-state index is 11.8. The van der Waals surface area contributed by atoms with Gasteiger partial charge >= 0.3 is 5.97 Å². The Balaban J connectivity index is 2.19. The smallest absolute Gasteiger partial charge is 0.312 e. The standard InChI is InChI=1S/C17H16O2/c1-11-8-9-15-17(12(11)2)14(10-16(18)19-15)13-6-4-3-5-7-13/h3-9,14H,10H2,1-2H3. The number of fused-ring (bicyclic) bond motifs is 1. The van der Waals surface area contributed by atoms with Crippen LogP contribution in [0.1, 0.15) is 34.6 Å². The van der Waals surface area contributed by atoms with Gasteiger partial charge in [-0.15, -0.1) is 0 Å². The van der Waals surface area contributed by atoms with Crippen molar-refractivity contribution < 1.29 is 9.53 Å².